The van der Waals surface area contributed by atoms with Crippen molar-refractivity contribution in [2.45, 2.75) is 19.3 Å². The van der Waals surface area contributed by atoms with Crippen LogP contribution in [0.25, 0.3) is 0 Å². The van der Waals surface area contributed by atoms with Crippen molar-refractivity contribution in [2.24, 2.45) is 0 Å². The largest absolute Gasteiger partial charge is 0.0843 e. The van der Waals surface area contributed by atoms with Crippen molar-refractivity contribution in [1.82, 2.24) is 0 Å². The second kappa shape index (κ2) is 5.57. The fraction of sp³-hybridized carbons (Fsp3) is 0.200. The number of halogens is 2. The summed E-state index contributed by atoms with van der Waals surface area (Å²) in [5.41, 5.74) is 2.48. The molecule has 88 valence electrons. The highest BCUT2D eigenvalue weighted by atomic mass is 35.5. The molecule has 0 aliphatic carbocycles. The Labute approximate surface area is 112 Å². The number of hydrogen-bond acceptors (Lipinski definition) is 0. The van der Waals surface area contributed by atoms with Gasteiger partial charge in [-0.1, -0.05) is 66.5 Å². The van der Waals surface area contributed by atoms with E-state index in [-0.39, 0.29) is 0 Å². The average Bonchev–Trinajstić information content (AvgIpc) is 2.30. The number of benzene rings is 2. The van der Waals surface area contributed by atoms with Gasteiger partial charge in [-0.05, 0) is 35.6 Å². The first-order valence-corrected chi connectivity index (χ1v) is 6.41. The van der Waals surface area contributed by atoms with Crippen molar-refractivity contribution in [2.75, 3.05) is 0 Å². The van der Waals surface area contributed by atoms with Gasteiger partial charge in [0.25, 0.3) is 0 Å². The molecule has 0 aliphatic rings. The number of rotatable bonds is 3. The Hall–Kier alpha value is -0.980. The fourth-order valence-corrected chi connectivity index (χ4v) is 2.57. The second-order valence-electron chi connectivity index (χ2n) is 4.26. The molecule has 2 aromatic rings. The molecule has 0 radical (unpaired) electrons. The zero-order chi connectivity index (χ0) is 12.3. The first-order valence-electron chi connectivity index (χ1n) is 5.65. The van der Waals surface area contributed by atoms with Gasteiger partial charge in [0.15, 0.2) is 0 Å². The molecule has 1 unspecified atom stereocenters. The van der Waals surface area contributed by atoms with Crippen molar-refractivity contribution in [3.05, 3.63) is 69.7 Å². The van der Waals surface area contributed by atoms with Gasteiger partial charge in [-0.25, -0.2) is 0 Å². The summed E-state index contributed by atoms with van der Waals surface area (Å²) in [7, 11) is 0. The lowest BCUT2D eigenvalue weighted by atomic mass is 9.94. The maximum atomic E-state index is 6.21. The highest BCUT2D eigenvalue weighted by Crippen LogP contribution is 2.29. The van der Waals surface area contributed by atoms with Gasteiger partial charge in [0.2, 0.25) is 0 Å². The molecule has 0 spiro atoms. The first kappa shape index (κ1) is 12.5. The molecular weight excluding hydrogens is 251 g/mol. The fourth-order valence-electron chi connectivity index (χ4n) is 1.98. The Morgan fingerprint density at radius 3 is 2.35 bits per heavy atom. The third kappa shape index (κ3) is 3.24. The van der Waals surface area contributed by atoms with E-state index in [1.807, 2.05) is 18.2 Å². The normalized spacial score (nSPS) is 12.4. The average molecular weight is 265 g/mol. The molecular formula is C15H14Cl2. The van der Waals surface area contributed by atoms with Gasteiger partial charge in [0.05, 0.1) is 0 Å². The lowest BCUT2D eigenvalue weighted by Gasteiger charge is -2.14. The summed E-state index contributed by atoms with van der Waals surface area (Å²) in [6.07, 6.45) is 0.988. The van der Waals surface area contributed by atoms with Crippen molar-refractivity contribution in [3.63, 3.8) is 0 Å². The van der Waals surface area contributed by atoms with Gasteiger partial charge < -0.3 is 0 Å². The van der Waals surface area contributed by atoms with Crippen LogP contribution in [0.15, 0.2) is 48.5 Å². The number of hydrogen-bond donors (Lipinski definition) is 0. The SMILES string of the molecule is CC(Cc1ccccc1)c1ccc(Cl)cc1Cl. The zero-order valence-electron chi connectivity index (χ0n) is 9.66. The minimum atomic E-state index is 0.391. The van der Waals surface area contributed by atoms with Crippen LogP contribution >= 0.6 is 23.2 Å². The van der Waals surface area contributed by atoms with Gasteiger partial charge in [-0.3, -0.25) is 0 Å². The van der Waals surface area contributed by atoms with E-state index in [9.17, 15) is 0 Å². The molecule has 1 atom stereocenters. The van der Waals surface area contributed by atoms with E-state index in [1.54, 1.807) is 6.07 Å². The Balaban J connectivity index is 2.17. The Morgan fingerprint density at radius 2 is 1.71 bits per heavy atom. The van der Waals surface area contributed by atoms with E-state index in [0.29, 0.717) is 10.9 Å². The van der Waals surface area contributed by atoms with E-state index in [0.717, 1.165) is 17.0 Å². The standard InChI is InChI=1S/C15H14Cl2/c1-11(9-12-5-3-2-4-6-12)14-8-7-13(16)10-15(14)17/h2-8,10-11H,9H2,1H3. The maximum absolute atomic E-state index is 6.21. The summed E-state index contributed by atoms with van der Waals surface area (Å²) < 4.78 is 0. The van der Waals surface area contributed by atoms with Gasteiger partial charge in [-0.15, -0.1) is 0 Å². The third-order valence-corrected chi connectivity index (χ3v) is 3.44. The molecule has 0 N–H and O–H groups in total. The summed E-state index contributed by atoms with van der Waals surface area (Å²) in [5, 5.41) is 1.44. The summed E-state index contributed by atoms with van der Waals surface area (Å²) in [6, 6.07) is 16.1. The predicted molar refractivity (Wildman–Crippen MR) is 75.0 cm³/mol. The lowest BCUT2D eigenvalue weighted by Crippen LogP contribution is -1.99. The van der Waals surface area contributed by atoms with Gasteiger partial charge in [-0.2, -0.15) is 0 Å². The molecule has 0 fully saturated rings. The lowest BCUT2D eigenvalue weighted by molar-refractivity contribution is 0.759. The Bertz CT molecular complexity index is 492. The van der Waals surface area contributed by atoms with Crippen LogP contribution in [0.4, 0.5) is 0 Å². The van der Waals surface area contributed by atoms with Crippen molar-refractivity contribution in [1.29, 1.82) is 0 Å². The maximum Gasteiger partial charge on any atom is 0.0455 e. The van der Waals surface area contributed by atoms with E-state index in [2.05, 4.69) is 31.2 Å². The molecule has 2 heteroatoms. The molecule has 2 aromatic carbocycles. The molecule has 0 saturated carbocycles. The Kier molecular flexibility index (Phi) is 4.09. The molecule has 0 amide bonds. The van der Waals surface area contributed by atoms with Crippen molar-refractivity contribution < 1.29 is 0 Å². The minimum Gasteiger partial charge on any atom is -0.0843 e. The van der Waals surface area contributed by atoms with Crippen LogP contribution < -0.4 is 0 Å². The van der Waals surface area contributed by atoms with Gasteiger partial charge in [0.1, 0.15) is 0 Å². The summed E-state index contributed by atoms with van der Waals surface area (Å²) in [5.74, 6) is 0.391. The smallest absolute Gasteiger partial charge is 0.0455 e. The van der Waals surface area contributed by atoms with Crippen LogP contribution in [0, 0.1) is 0 Å². The highest BCUT2D eigenvalue weighted by Gasteiger charge is 2.10. The van der Waals surface area contributed by atoms with E-state index < -0.39 is 0 Å². The van der Waals surface area contributed by atoms with Gasteiger partial charge >= 0.3 is 0 Å². The zero-order valence-corrected chi connectivity index (χ0v) is 11.2. The summed E-state index contributed by atoms with van der Waals surface area (Å²) >= 11 is 12.1. The molecule has 17 heavy (non-hydrogen) atoms. The molecule has 2 rings (SSSR count). The van der Waals surface area contributed by atoms with Crippen LogP contribution in [0.2, 0.25) is 10.0 Å². The van der Waals surface area contributed by atoms with Crippen LogP contribution in [0.1, 0.15) is 24.0 Å². The molecule has 0 nitrogen and oxygen atoms in total. The molecule has 0 aliphatic heterocycles. The summed E-state index contributed by atoms with van der Waals surface area (Å²) in [4.78, 5) is 0. The molecule has 0 saturated heterocycles. The molecule has 0 bridgehead atoms. The highest BCUT2D eigenvalue weighted by molar-refractivity contribution is 6.35. The van der Waals surface area contributed by atoms with Crippen LogP contribution in [-0.4, -0.2) is 0 Å². The van der Waals surface area contributed by atoms with Crippen LogP contribution in [0.5, 0.6) is 0 Å². The van der Waals surface area contributed by atoms with Crippen molar-refractivity contribution >= 4 is 23.2 Å². The third-order valence-electron chi connectivity index (χ3n) is 2.88. The monoisotopic (exact) mass is 264 g/mol. The summed E-state index contributed by atoms with van der Waals surface area (Å²) in [6.45, 7) is 2.18. The minimum absolute atomic E-state index is 0.391. The second-order valence-corrected chi connectivity index (χ2v) is 5.10. The topological polar surface area (TPSA) is 0 Å². The van der Waals surface area contributed by atoms with E-state index in [1.165, 1.54) is 5.56 Å². The van der Waals surface area contributed by atoms with E-state index >= 15 is 0 Å². The van der Waals surface area contributed by atoms with Crippen molar-refractivity contribution in [3.8, 4) is 0 Å². The molecule has 0 aromatic heterocycles. The predicted octanol–water partition coefficient (Wildman–Crippen LogP) is 5.34. The van der Waals surface area contributed by atoms with E-state index in [4.69, 9.17) is 23.2 Å². The Morgan fingerprint density at radius 1 is 1.00 bits per heavy atom. The van der Waals surface area contributed by atoms with Gasteiger partial charge in [0, 0.05) is 10.0 Å². The first-order chi connectivity index (χ1) is 8.16. The van der Waals surface area contributed by atoms with Crippen LogP contribution in [-0.2, 0) is 6.42 Å². The van der Waals surface area contributed by atoms with Crippen LogP contribution in [0.3, 0.4) is 0 Å². The quantitative estimate of drug-likeness (QED) is 0.702. The molecule has 0 heterocycles.